The number of aromatic carboxylic acids is 1. The number of hydrogen-bond donors (Lipinski definition) is 1. The molecule has 0 aliphatic rings. The van der Waals surface area contributed by atoms with Crippen LogP contribution in [0.4, 0.5) is 0 Å². The highest BCUT2D eigenvalue weighted by Crippen LogP contribution is 2.33. The molecule has 0 aliphatic heterocycles. The smallest absolute Gasteiger partial charge is 0.338 e. The van der Waals surface area contributed by atoms with Crippen molar-refractivity contribution in [3.63, 3.8) is 0 Å². The van der Waals surface area contributed by atoms with Gasteiger partial charge in [0.1, 0.15) is 5.15 Å². The molecule has 0 spiro atoms. The van der Waals surface area contributed by atoms with E-state index in [0.29, 0.717) is 11.3 Å². The summed E-state index contributed by atoms with van der Waals surface area (Å²) in [4.78, 5) is 19.6. The molecule has 1 N–H and O–H groups in total. The summed E-state index contributed by atoms with van der Waals surface area (Å²) < 4.78 is 0. The quantitative estimate of drug-likeness (QED) is 0.738. The maximum atomic E-state index is 11.3. The fraction of sp³-hybridized carbons (Fsp3) is 0. The van der Waals surface area contributed by atoms with Crippen LogP contribution >= 0.6 is 11.6 Å². The number of nitrogens with zero attached hydrogens (tertiary/aromatic N) is 2. The van der Waals surface area contributed by atoms with E-state index in [-0.39, 0.29) is 10.7 Å². The van der Waals surface area contributed by atoms with Crippen LogP contribution in [0, 0.1) is 0 Å². The predicted molar refractivity (Wildman–Crippen MR) is 84.9 cm³/mol. The molecule has 0 saturated carbocycles. The molecule has 2 aromatic heterocycles. The van der Waals surface area contributed by atoms with Crippen molar-refractivity contribution in [2.24, 2.45) is 0 Å². The molecule has 4 nitrogen and oxygen atoms in total. The third-order valence-electron chi connectivity index (χ3n) is 3.24. The lowest BCUT2D eigenvalue weighted by molar-refractivity contribution is 0.0696. The maximum absolute atomic E-state index is 11.3. The number of benzene rings is 1. The summed E-state index contributed by atoms with van der Waals surface area (Å²) in [5, 5.41) is 9.24. The van der Waals surface area contributed by atoms with E-state index in [0.717, 1.165) is 11.1 Å². The van der Waals surface area contributed by atoms with Gasteiger partial charge in [-0.05, 0) is 23.8 Å². The van der Waals surface area contributed by atoms with Crippen molar-refractivity contribution in [3.8, 4) is 22.4 Å². The standard InChI is InChI=1S/C17H11ClN2O2/c18-16-14(17(21)22)10-13(11-6-8-19-9-7-11)15(20-16)12-4-2-1-3-5-12/h1-10H,(H,21,22). The Morgan fingerprint density at radius 3 is 2.32 bits per heavy atom. The molecule has 2 heterocycles. The summed E-state index contributed by atoms with van der Waals surface area (Å²) in [5.74, 6) is -1.10. The first-order valence-corrected chi connectivity index (χ1v) is 6.94. The van der Waals surface area contributed by atoms with Crippen LogP contribution in [0.2, 0.25) is 5.15 Å². The van der Waals surface area contributed by atoms with Gasteiger partial charge in [-0.1, -0.05) is 41.9 Å². The molecule has 0 amide bonds. The fourth-order valence-electron chi connectivity index (χ4n) is 2.21. The van der Waals surface area contributed by atoms with Crippen LogP contribution in [-0.2, 0) is 0 Å². The number of halogens is 1. The van der Waals surface area contributed by atoms with Crippen molar-refractivity contribution in [3.05, 3.63) is 71.6 Å². The van der Waals surface area contributed by atoms with E-state index in [1.807, 2.05) is 42.5 Å². The Morgan fingerprint density at radius 1 is 1.00 bits per heavy atom. The number of carbonyl (C=O) groups is 1. The lowest BCUT2D eigenvalue weighted by Crippen LogP contribution is -2.02. The van der Waals surface area contributed by atoms with Crippen molar-refractivity contribution in [2.45, 2.75) is 0 Å². The van der Waals surface area contributed by atoms with E-state index in [4.69, 9.17) is 11.6 Å². The lowest BCUT2D eigenvalue weighted by atomic mass is 9.98. The van der Waals surface area contributed by atoms with E-state index >= 15 is 0 Å². The Labute approximate surface area is 132 Å². The molecular formula is C17H11ClN2O2. The topological polar surface area (TPSA) is 63.1 Å². The van der Waals surface area contributed by atoms with Crippen molar-refractivity contribution >= 4 is 17.6 Å². The van der Waals surface area contributed by atoms with E-state index in [1.165, 1.54) is 0 Å². The number of hydrogen-bond acceptors (Lipinski definition) is 3. The van der Waals surface area contributed by atoms with E-state index < -0.39 is 5.97 Å². The van der Waals surface area contributed by atoms with Crippen molar-refractivity contribution in [1.82, 2.24) is 9.97 Å². The SMILES string of the molecule is O=C(O)c1cc(-c2ccncc2)c(-c2ccccc2)nc1Cl. The average molecular weight is 311 g/mol. The molecule has 0 atom stereocenters. The highest BCUT2D eigenvalue weighted by molar-refractivity contribution is 6.32. The van der Waals surface area contributed by atoms with Gasteiger partial charge in [-0.2, -0.15) is 0 Å². The second-order valence-electron chi connectivity index (χ2n) is 4.63. The summed E-state index contributed by atoms with van der Waals surface area (Å²) >= 11 is 6.03. The van der Waals surface area contributed by atoms with Gasteiger partial charge in [0.05, 0.1) is 11.3 Å². The van der Waals surface area contributed by atoms with Gasteiger partial charge in [-0.25, -0.2) is 9.78 Å². The van der Waals surface area contributed by atoms with Crippen LogP contribution in [0.15, 0.2) is 60.9 Å². The van der Waals surface area contributed by atoms with Gasteiger partial charge in [0, 0.05) is 23.5 Å². The first-order chi connectivity index (χ1) is 10.7. The van der Waals surface area contributed by atoms with Crippen molar-refractivity contribution in [1.29, 1.82) is 0 Å². The third-order valence-corrected chi connectivity index (χ3v) is 3.53. The molecule has 3 aromatic rings. The number of rotatable bonds is 3. The molecular weight excluding hydrogens is 300 g/mol. The van der Waals surface area contributed by atoms with Crippen LogP contribution in [0.1, 0.15) is 10.4 Å². The second kappa shape index (κ2) is 5.95. The van der Waals surface area contributed by atoms with Gasteiger partial charge < -0.3 is 5.11 Å². The van der Waals surface area contributed by atoms with E-state index in [9.17, 15) is 9.90 Å². The fourth-order valence-corrected chi connectivity index (χ4v) is 2.43. The molecule has 3 rings (SSSR count). The molecule has 108 valence electrons. The summed E-state index contributed by atoms with van der Waals surface area (Å²) in [5.41, 5.74) is 3.03. The minimum Gasteiger partial charge on any atom is -0.478 e. The first-order valence-electron chi connectivity index (χ1n) is 6.56. The van der Waals surface area contributed by atoms with Crippen LogP contribution in [-0.4, -0.2) is 21.0 Å². The van der Waals surface area contributed by atoms with Gasteiger partial charge in [0.25, 0.3) is 0 Å². The Hall–Kier alpha value is -2.72. The monoisotopic (exact) mass is 310 g/mol. The number of carboxylic acid groups (broad SMARTS) is 1. The summed E-state index contributed by atoms with van der Waals surface area (Å²) in [6, 6.07) is 14.7. The maximum Gasteiger partial charge on any atom is 0.338 e. The zero-order valence-corrected chi connectivity index (χ0v) is 12.2. The van der Waals surface area contributed by atoms with E-state index in [1.54, 1.807) is 18.5 Å². The Bertz CT molecular complexity index is 821. The van der Waals surface area contributed by atoms with Gasteiger partial charge in [-0.15, -0.1) is 0 Å². The van der Waals surface area contributed by atoms with Gasteiger partial charge in [0.2, 0.25) is 0 Å². The Kier molecular flexibility index (Phi) is 3.85. The minimum absolute atomic E-state index is 0.0202. The van der Waals surface area contributed by atoms with Gasteiger partial charge in [-0.3, -0.25) is 4.98 Å². The lowest BCUT2D eigenvalue weighted by Gasteiger charge is -2.11. The molecule has 0 radical (unpaired) electrons. The Morgan fingerprint density at radius 2 is 1.68 bits per heavy atom. The molecule has 0 saturated heterocycles. The molecule has 0 unspecified atom stereocenters. The number of aromatic nitrogens is 2. The highest BCUT2D eigenvalue weighted by Gasteiger charge is 2.17. The van der Waals surface area contributed by atoms with Crippen molar-refractivity contribution < 1.29 is 9.90 Å². The summed E-state index contributed by atoms with van der Waals surface area (Å²) in [6.45, 7) is 0. The highest BCUT2D eigenvalue weighted by atomic mass is 35.5. The molecule has 22 heavy (non-hydrogen) atoms. The summed E-state index contributed by atoms with van der Waals surface area (Å²) in [6.07, 6.45) is 3.30. The van der Waals surface area contributed by atoms with Crippen LogP contribution in [0.3, 0.4) is 0 Å². The first kappa shape index (κ1) is 14.2. The molecule has 0 aliphatic carbocycles. The van der Waals surface area contributed by atoms with Gasteiger partial charge >= 0.3 is 5.97 Å². The predicted octanol–water partition coefficient (Wildman–Crippen LogP) is 4.16. The average Bonchev–Trinajstić information content (AvgIpc) is 2.56. The van der Waals surface area contributed by atoms with Crippen molar-refractivity contribution in [2.75, 3.05) is 0 Å². The third kappa shape index (κ3) is 2.69. The molecule has 0 bridgehead atoms. The van der Waals surface area contributed by atoms with E-state index in [2.05, 4.69) is 9.97 Å². The zero-order chi connectivity index (χ0) is 15.5. The molecule has 5 heteroatoms. The number of pyridine rings is 2. The second-order valence-corrected chi connectivity index (χ2v) is 4.99. The van der Waals surface area contributed by atoms with Crippen LogP contribution < -0.4 is 0 Å². The van der Waals surface area contributed by atoms with Crippen LogP contribution in [0.5, 0.6) is 0 Å². The molecule has 1 aromatic carbocycles. The minimum atomic E-state index is -1.10. The number of carboxylic acids is 1. The normalized spacial score (nSPS) is 10.4. The Balaban J connectivity index is 2.29. The van der Waals surface area contributed by atoms with Crippen LogP contribution in [0.25, 0.3) is 22.4 Å². The van der Waals surface area contributed by atoms with Gasteiger partial charge in [0.15, 0.2) is 0 Å². The summed E-state index contributed by atoms with van der Waals surface area (Å²) in [7, 11) is 0. The molecule has 0 fully saturated rings. The largest absolute Gasteiger partial charge is 0.478 e. The zero-order valence-electron chi connectivity index (χ0n) is 11.4.